The van der Waals surface area contributed by atoms with Crippen LogP contribution in [0, 0.1) is 0 Å². The van der Waals surface area contributed by atoms with E-state index in [1.807, 2.05) is 0 Å². The zero-order valence-electron chi connectivity index (χ0n) is 43.4. The van der Waals surface area contributed by atoms with Gasteiger partial charge in [-0.05, 0) is 83.5 Å². The van der Waals surface area contributed by atoms with Crippen LogP contribution >= 0.6 is 0 Å². The molecule has 0 spiro atoms. The lowest BCUT2D eigenvalue weighted by atomic mass is 10.0. The van der Waals surface area contributed by atoms with Gasteiger partial charge in [0.15, 0.2) is 0 Å². The van der Waals surface area contributed by atoms with Crippen molar-refractivity contribution in [1.29, 1.82) is 0 Å². The molecule has 0 heterocycles. The van der Waals surface area contributed by atoms with E-state index < -0.39 is 18.2 Å². The molecule has 380 valence electrons. The lowest BCUT2D eigenvalue weighted by Crippen LogP contribution is -2.46. The van der Waals surface area contributed by atoms with Crippen molar-refractivity contribution >= 4 is 11.9 Å². The predicted molar refractivity (Wildman–Crippen MR) is 282 cm³/mol. The third kappa shape index (κ3) is 48.1. The van der Waals surface area contributed by atoms with Gasteiger partial charge >= 0.3 is 5.97 Å². The van der Waals surface area contributed by atoms with E-state index in [-0.39, 0.29) is 24.9 Å². The van der Waals surface area contributed by atoms with Crippen molar-refractivity contribution < 1.29 is 24.5 Å². The number of nitrogens with one attached hydrogen (secondary N) is 1. The molecule has 0 aromatic carbocycles. The molecule has 1 amide bonds. The van der Waals surface area contributed by atoms with Gasteiger partial charge in [0.05, 0.1) is 25.2 Å². The number of carbonyl (C=O) groups is 2. The molecule has 0 aliphatic heterocycles. The van der Waals surface area contributed by atoms with E-state index in [4.69, 9.17) is 4.74 Å². The first-order chi connectivity index (χ1) is 32.0. The fourth-order valence-corrected chi connectivity index (χ4v) is 8.62. The van der Waals surface area contributed by atoms with Gasteiger partial charge in [0.1, 0.15) is 6.10 Å². The summed E-state index contributed by atoms with van der Waals surface area (Å²) in [5, 5.41) is 23.9. The molecule has 0 aromatic heterocycles. The number of ether oxygens (including phenoxy) is 1. The molecule has 0 fully saturated rings. The number of aliphatic hydroxyl groups is 2. The fraction of sp³-hybridized carbons (Fsp3) is 0.831. The Morgan fingerprint density at radius 1 is 0.462 bits per heavy atom. The van der Waals surface area contributed by atoms with Gasteiger partial charge in [-0.3, -0.25) is 9.59 Å². The molecule has 65 heavy (non-hydrogen) atoms. The number of hydrogen-bond donors (Lipinski definition) is 3. The summed E-state index contributed by atoms with van der Waals surface area (Å²) in [6.07, 6.45) is 64.6. The largest absolute Gasteiger partial charge is 0.462 e. The molecule has 0 saturated heterocycles. The molecule has 0 aliphatic rings. The topological polar surface area (TPSA) is 95.9 Å². The minimum atomic E-state index is -0.794. The maximum absolute atomic E-state index is 13.3. The Hall–Kier alpha value is -2.18. The molecular formula is C59H109NO5. The van der Waals surface area contributed by atoms with E-state index in [9.17, 15) is 19.8 Å². The SMILES string of the molecule is CC/C=C/C/C=C/C/C=C/CCCCCCC(=O)OC(CCCCCCC/C=C/CCCCCCCC)CC(=O)NC(CO)C(O)CCCCCCCCCCCCCCCCCCC. The summed E-state index contributed by atoms with van der Waals surface area (Å²) in [5.74, 6) is -0.499. The van der Waals surface area contributed by atoms with Gasteiger partial charge in [-0.15, -0.1) is 0 Å². The minimum Gasteiger partial charge on any atom is -0.462 e. The van der Waals surface area contributed by atoms with Crippen LogP contribution in [-0.2, 0) is 14.3 Å². The molecule has 0 bridgehead atoms. The van der Waals surface area contributed by atoms with E-state index in [1.165, 1.54) is 148 Å². The van der Waals surface area contributed by atoms with Crippen molar-refractivity contribution in [3.05, 3.63) is 48.6 Å². The Bertz CT molecular complexity index is 1110. The molecule has 0 radical (unpaired) electrons. The predicted octanol–water partition coefficient (Wildman–Crippen LogP) is 17.4. The quantitative estimate of drug-likeness (QED) is 0.0321. The van der Waals surface area contributed by atoms with Crippen LogP contribution in [0.3, 0.4) is 0 Å². The average molecular weight is 913 g/mol. The molecule has 3 atom stereocenters. The molecule has 0 aromatic rings. The molecule has 6 nitrogen and oxygen atoms in total. The van der Waals surface area contributed by atoms with Gasteiger partial charge in [-0.1, -0.05) is 243 Å². The second-order valence-electron chi connectivity index (χ2n) is 19.3. The summed E-state index contributed by atoms with van der Waals surface area (Å²) in [5.41, 5.74) is 0. The first-order valence-electron chi connectivity index (χ1n) is 28.4. The van der Waals surface area contributed by atoms with Gasteiger partial charge in [0, 0.05) is 6.42 Å². The van der Waals surface area contributed by atoms with Crippen LogP contribution < -0.4 is 5.32 Å². The Balaban J connectivity index is 4.56. The summed E-state index contributed by atoms with van der Waals surface area (Å²) in [6, 6.07) is -0.709. The van der Waals surface area contributed by atoms with Crippen LogP contribution in [0.2, 0.25) is 0 Å². The van der Waals surface area contributed by atoms with Crippen LogP contribution in [0.4, 0.5) is 0 Å². The van der Waals surface area contributed by atoms with Gasteiger partial charge in [0.25, 0.3) is 0 Å². The Morgan fingerprint density at radius 2 is 0.831 bits per heavy atom. The van der Waals surface area contributed by atoms with Crippen molar-refractivity contribution in [2.24, 2.45) is 0 Å². The highest BCUT2D eigenvalue weighted by Gasteiger charge is 2.24. The average Bonchev–Trinajstić information content (AvgIpc) is 3.30. The highest BCUT2D eigenvalue weighted by molar-refractivity contribution is 5.77. The van der Waals surface area contributed by atoms with E-state index in [2.05, 4.69) is 74.7 Å². The van der Waals surface area contributed by atoms with Crippen LogP contribution in [0.15, 0.2) is 48.6 Å². The third-order valence-corrected chi connectivity index (χ3v) is 12.9. The zero-order chi connectivity index (χ0) is 47.4. The van der Waals surface area contributed by atoms with Crippen LogP contribution in [0.1, 0.15) is 290 Å². The van der Waals surface area contributed by atoms with Crippen LogP contribution in [-0.4, -0.2) is 46.9 Å². The van der Waals surface area contributed by atoms with Crippen molar-refractivity contribution in [3.63, 3.8) is 0 Å². The second kappa shape index (κ2) is 52.8. The van der Waals surface area contributed by atoms with E-state index in [0.717, 1.165) is 96.3 Å². The third-order valence-electron chi connectivity index (χ3n) is 12.9. The maximum Gasteiger partial charge on any atom is 0.306 e. The molecule has 0 rings (SSSR count). The molecule has 3 N–H and O–H groups in total. The fourth-order valence-electron chi connectivity index (χ4n) is 8.62. The van der Waals surface area contributed by atoms with E-state index >= 15 is 0 Å². The van der Waals surface area contributed by atoms with Crippen molar-refractivity contribution in [1.82, 2.24) is 5.32 Å². The molecule has 0 saturated carbocycles. The lowest BCUT2D eigenvalue weighted by Gasteiger charge is -2.24. The Kier molecular flexibility index (Phi) is 51.0. The number of unbranched alkanes of at least 4 members (excludes halogenated alkanes) is 31. The van der Waals surface area contributed by atoms with E-state index in [0.29, 0.717) is 19.3 Å². The first-order valence-corrected chi connectivity index (χ1v) is 28.4. The Morgan fingerprint density at radius 3 is 1.28 bits per heavy atom. The summed E-state index contributed by atoms with van der Waals surface area (Å²) in [6.45, 7) is 6.39. The summed E-state index contributed by atoms with van der Waals surface area (Å²) >= 11 is 0. The molecule has 0 aliphatic carbocycles. The number of hydrogen-bond acceptors (Lipinski definition) is 5. The Labute approximate surface area is 404 Å². The lowest BCUT2D eigenvalue weighted by molar-refractivity contribution is -0.151. The summed E-state index contributed by atoms with van der Waals surface area (Å²) < 4.78 is 5.94. The number of carbonyl (C=O) groups excluding carboxylic acids is 2. The van der Waals surface area contributed by atoms with Crippen molar-refractivity contribution in [2.45, 2.75) is 309 Å². The second-order valence-corrected chi connectivity index (χ2v) is 19.3. The van der Waals surface area contributed by atoms with Gasteiger partial charge in [0.2, 0.25) is 5.91 Å². The van der Waals surface area contributed by atoms with Gasteiger partial charge in [-0.2, -0.15) is 0 Å². The summed E-state index contributed by atoms with van der Waals surface area (Å²) in [7, 11) is 0. The zero-order valence-corrected chi connectivity index (χ0v) is 43.4. The number of amides is 1. The number of allylic oxidation sites excluding steroid dienone is 8. The van der Waals surface area contributed by atoms with Crippen molar-refractivity contribution in [2.75, 3.05) is 6.61 Å². The van der Waals surface area contributed by atoms with Gasteiger partial charge < -0.3 is 20.3 Å². The standard InChI is InChI=1S/C59H109NO5/c1-4-7-10-13-16-19-22-25-28-29-31-33-36-39-42-45-48-51-57(62)56(54-61)60-58(63)53-55(50-47-44-41-38-35-32-30-26-23-20-17-14-11-8-5-2)65-59(64)52-49-46-43-40-37-34-27-24-21-18-15-12-9-6-3/h9,12,18,21,26-27,30,34,55-57,61-62H,4-8,10-11,13-17,19-20,22-25,28-29,31-33,35-54H2,1-3H3,(H,60,63)/b12-9+,21-18+,30-26+,34-27+. The number of aliphatic hydroxyl groups excluding tert-OH is 2. The number of rotatable bonds is 51. The maximum atomic E-state index is 13.3. The van der Waals surface area contributed by atoms with Crippen molar-refractivity contribution in [3.8, 4) is 0 Å². The normalized spacial score (nSPS) is 13.5. The molecular weight excluding hydrogens is 803 g/mol. The minimum absolute atomic E-state index is 0.0639. The summed E-state index contributed by atoms with van der Waals surface area (Å²) in [4.78, 5) is 26.2. The monoisotopic (exact) mass is 912 g/mol. The number of esters is 1. The van der Waals surface area contributed by atoms with E-state index in [1.54, 1.807) is 0 Å². The smallest absolute Gasteiger partial charge is 0.306 e. The molecule has 3 unspecified atom stereocenters. The van der Waals surface area contributed by atoms with Gasteiger partial charge in [-0.25, -0.2) is 0 Å². The first kappa shape index (κ1) is 62.8. The highest BCUT2D eigenvalue weighted by atomic mass is 16.5. The highest BCUT2D eigenvalue weighted by Crippen LogP contribution is 2.18. The molecule has 6 heteroatoms. The van der Waals surface area contributed by atoms with Crippen LogP contribution in [0.25, 0.3) is 0 Å². The van der Waals surface area contributed by atoms with Crippen LogP contribution in [0.5, 0.6) is 0 Å².